The van der Waals surface area contributed by atoms with E-state index in [1.165, 1.54) is 25.0 Å². The third kappa shape index (κ3) is 2.59. The van der Waals surface area contributed by atoms with Gasteiger partial charge in [-0.25, -0.2) is 4.98 Å². The SMILES string of the molecule is CC(C)n1cncc1C1C(CN)CCCCN1C. The molecule has 2 N–H and O–H groups in total. The fraction of sp³-hybridized carbons (Fsp3) is 0.786. The molecule has 0 radical (unpaired) electrons. The highest BCUT2D eigenvalue weighted by Crippen LogP contribution is 2.34. The Bertz CT molecular complexity index is 372. The summed E-state index contributed by atoms with van der Waals surface area (Å²) in [5.41, 5.74) is 7.33. The lowest BCUT2D eigenvalue weighted by atomic mass is 9.92. The Balaban J connectivity index is 2.33. The summed E-state index contributed by atoms with van der Waals surface area (Å²) in [4.78, 5) is 6.81. The summed E-state index contributed by atoms with van der Waals surface area (Å²) in [5.74, 6) is 0.548. The van der Waals surface area contributed by atoms with E-state index in [-0.39, 0.29) is 0 Å². The Morgan fingerprint density at radius 1 is 1.44 bits per heavy atom. The van der Waals surface area contributed by atoms with Crippen molar-refractivity contribution in [2.45, 2.75) is 45.2 Å². The molecule has 0 spiro atoms. The van der Waals surface area contributed by atoms with Crippen LogP contribution in [-0.2, 0) is 0 Å². The molecule has 1 fully saturated rings. The first-order chi connectivity index (χ1) is 8.65. The minimum atomic E-state index is 0.419. The second-order valence-corrected chi connectivity index (χ2v) is 5.74. The van der Waals surface area contributed by atoms with Crippen molar-refractivity contribution in [3.8, 4) is 0 Å². The number of imidazole rings is 1. The molecule has 0 aliphatic carbocycles. The molecule has 0 saturated carbocycles. The van der Waals surface area contributed by atoms with Gasteiger partial charge >= 0.3 is 0 Å². The number of nitrogens with two attached hydrogens (primary N) is 1. The predicted octanol–water partition coefficient (Wildman–Crippen LogP) is 2.20. The van der Waals surface area contributed by atoms with Crippen molar-refractivity contribution in [2.24, 2.45) is 11.7 Å². The van der Waals surface area contributed by atoms with Crippen LogP contribution in [0.25, 0.3) is 0 Å². The number of nitrogens with zero attached hydrogens (tertiary/aromatic N) is 3. The Morgan fingerprint density at radius 2 is 2.22 bits per heavy atom. The van der Waals surface area contributed by atoms with Crippen LogP contribution in [0.3, 0.4) is 0 Å². The van der Waals surface area contributed by atoms with Gasteiger partial charge < -0.3 is 10.3 Å². The van der Waals surface area contributed by atoms with Crippen molar-refractivity contribution in [1.82, 2.24) is 14.5 Å². The summed E-state index contributed by atoms with van der Waals surface area (Å²) in [6.07, 6.45) is 7.77. The molecule has 1 aromatic rings. The number of aromatic nitrogens is 2. The molecule has 0 aromatic carbocycles. The van der Waals surface area contributed by atoms with Crippen LogP contribution in [0.4, 0.5) is 0 Å². The molecule has 18 heavy (non-hydrogen) atoms. The topological polar surface area (TPSA) is 47.1 Å². The predicted molar refractivity (Wildman–Crippen MR) is 74.4 cm³/mol. The highest BCUT2D eigenvalue weighted by atomic mass is 15.2. The van der Waals surface area contributed by atoms with Crippen LogP contribution in [0.2, 0.25) is 0 Å². The number of rotatable bonds is 3. The first-order valence-electron chi connectivity index (χ1n) is 7.07. The minimum Gasteiger partial charge on any atom is -0.331 e. The van der Waals surface area contributed by atoms with Crippen LogP contribution in [0.5, 0.6) is 0 Å². The minimum absolute atomic E-state index is 0.419. The standard InChI is InChI=1S/C14H26N4/c1-11(2)18-10-16-9-13(18)14-12(8-15)6-4-5-7-17(14)3/h9-12,14H,4-8,15H2,1-3H3. The smallest absolute Gasteiger partial charge is 0.0951 e. The Labute approximate surface area is 110 Å². The molecular formula is C14H26N4. The normalized spacial score (nSPS) is 26.5. The van der Waals surface area contributed by atoms with Crippen molar-refractivity contribution < 1.29 is 0 Å². The van der Waals surface area contributed by atoms with Gasteiger partial charge in [0, 0.05) is 12.2 Å². The van der Waals surface area contributed by atoms with Gasteiger partial charge in [-0.1, -0.05) is 6.42 Å². The lowest BCUT2D eigenvalue weighted by molar-refractivity contribution is 0.185. The van der Waals surface area contributed by atoms with Crippen molar-refractivity contribution >= 4 is 0 Å². The van der Waals surface area contributed by atoms with Gasteiger partial charge in [0.1, 0.15) is 0 Å². The van der Waals surface area contributed by atoms with Gasteiger partial charge in [-0.05, 0) is 52.7 Å². The molecule has 2 heterocycles. The summed E-state index contributed by atoms with van der Waals surface area (Å²) in [5, 5.41) is 0. The van der Waals surface area contributed by atoms with Crippen molar-refractivity contribution in [1.29, 1.82) is 0 Å². The Kier molecular flexibility index (Phi) is 4.40. The van der Waals surface area contributed by atoms with E-state index in [4.69, 9.17) is 5.73 Å². The van der Waals surface area contributed by atoms with E-state index in [1.807, 2.05) is 12.5 Å². The second-order valence-electron chi connectivity index (χ2n) is 5.74. The number of likely N-dealkylation sites (tertiary alicyclic amines) is 1. The van der Waals surface area contributed by atoms with E-state index in [2.05, 4.69) is 35.3 Å². The highest BCUT2D eigenvalue weighted by molar-refractivity contribution is 5.09. The Morgan fingerprint density at radius 3 is 2.89 bits per heavy atom. The average molecular weight is 250 g/mol. The quantitative estimate of drug-likeness (QED) is 0.894. The lowest BCUT2D eigenvalue weighted by Gasteiger charge is -2.33. The second kappa shape index (κ2) is 5.85. The van der Waals surface area contributed by atoms with E-state index >= 15 is 0 Å². The molecule has 2 atom stereocenters. The molecule has 1 aromatic heterocycles. The van der Waals surface area contributed by atoms with E-state index in [0.29, 0.717) is 18.0 Å². The molecule has 0 bridgehead atoms. The Hall–Kier alpha value is -0.870. The molecule has 1 aliphatic heterocycles. The van der Waals surface area contributed by atoms with E-state index in [0.717, 1.165) is 13.1 Å². The monoisotopic (exact) mass is 250 g/mol. The van der Waals surface area contributed by atoms with Crippen LogP contribution >= 0.6 is 0 Å². The molecule has 4 heteroatoms. The molecule has 102 valence electrons. The van der Waals surface area contributed by atoms with Crippen LogP contribution in [0, 0.1) is 5.92 Å². The summed E-state index contributed by atoms with van der Waals surface area (Å²) >= 11 is 0. The van der Waals surface area contributed by atoms with Crippen LogP contribution < -0.4 is 5.73 Å². The largest absolute Gasteiger partial charge is 0.331 e. The average Bonchev–Trinajstić information content (AvgIpc) is 2.74. The lowest BCUT2D eigenvalue weighted by Crippen LogP contribution is -2.34. The summed E-state index contributed by atoms with van der Waals surface area (Å²) in [7, 11) is 2.22. The van der Waals surface area contributed by atoms with E-state index in [9.17, 15) is 0 Å². The van der Waals surface area contributed by atoms with Gasteiger partial charge in [-0.15, -0.1) is 0 Å². The molecule has 1 saturated heterocycles. The zero-order valence-electron chi connectivity index (χ0n) is 11.8. The van der Waals surface area contributed by atoms with Crippen molar-refractivity contribution in [2.75, 3.05) is 20.1 Å². The van der Waals surface area contributed by atoms with Gasteiger partial charge in [-0.2, -0.15) is 0 Å². The third-order valence-corrected chi connectivity index (χ3v) is 4.12. The van der Waals surface area contributed by atoms with Crippen molar-refractivity contribution in [3.05, 3.63) is 18.2 Å². The maximum Gasteiger partial charge on any atom is 0.0951 e. The third-order valence-electron chi connectivity index (χ3n) is 4.12. The first-order valence-corrected chi connectivity index (χ1v) is 7.07. The summed E-state index contributed by atoms with van der Waals surface area (Å²) < 4.78 is 2.29. The van der Waals surface area contributed by atoms with Gasteiger partial charge in [-0.3, -0.25) is 4.90 Å². The van der Waals surface area contributed by atoms with Gasteiger partial charge in [0.25, 0.3) is 0 Å². The maximum absolute atomic E-state index is 6.00. The fourth-order valence-corrected chi connectivity index (χ4v) is 3.11. The fourth-order valence-electron chi connectivity index (χ4n) is 3.11. The molecule has 0 amide bonds. The highest BCUT2D eigenvalue weighted by Gasteiger charge is 2.30. The molecule has 2 unspecified atom stereocenters. The first kappa shape index (κ1) is 13.6. The van der Waals surface area contributed by atoms with Gasteiger partial charge in [0.15, 0.2) is 0 Å². The van der Waals surface area contributed by atoms with Crippen LogP contribution in [-0.4, -0.2) is 34.6 Å². The molecular weight excluding hydrogens is 224 g/mol. The zero-order chi connectivity index (χ0) is 13.1. The molecule has 4 nitrogen and oxygen atoms in total. The van der Waals surface area contributed by atoms with Crippen LogP contribution in [0.1, 0.15) is 50.9 Å². The van der Waals surface area contributed by atoms with E-state index in [1.54, 1.807) is 0 Å². The summed E-state index contributed by atoms with van der Waals surface area (Å²) in [6.45, 7) is 6.33. The van der Waals surface area contributed by atoms with E-state index < -0.39 is 0 Å². The zero-order valence-corrected chi connectivity index (χ0v) is 11.8. The number of hydrogen-bond donors (Lipinski definition) is 1. The van der Waals surface area contributed by atoms with Gasteiger partial charge in [0.2, 0.25) is 0 Å². The van der Waals surface area contributed by atoms with Crippen LogP contribution in [0.15, 0.2) is 12.5 Å². The van der Waals surface area contributed by atoms with Crippen molar-refractivity contribution in [3.63, 3.8) is 0 Å². The maximum atomic E-state index is 6.00. The number of hydrogen-bond acceptors (Lipinski definition) is 3. The summed E-state index contributed by atoms with van der Waals surface area (Å²) in [6, 6.07) is 0.875. The van der Waals surface area contributed by atoms with Gasteiger partial charge in [0.05, 0.1) is 18.1 Å². The molecule has 2 rings (SSSR count). The molecule has 1 aliphatic rings.